The molecule has 0 atom stereocenters. The summed E-state index contributed by atoms with van der Waals surface area (Å²) in [6.07, 6.45) is 1.13. The predicted molar refractivity (Wildman–Crippen MR) is 95.0 cm³/mol. The van der Waals surface area contributed by atoms with E-state index in [1.807, 2.05) is 0 Å². The Bertz CT molecular complexity index is 1070. The maximum Gasteiger partial charge on any atom is 0.291 e. The van der Waals surface area contributed by atoms with Gasteiger partial charge in [-0.25, -0.2) is 18.3 Å². The van der Waals surface area contributed by atoms with Gasteiger partial charge in [0.15, 0.2) is 9.84 Å². The minimum atomic E-state index is -3.37. The van der Waals surface area contributed by atoms with E-state index in [4.69, 9.17) is 4.84 Å². The average molecular weight is 376 g/mol. The second-order valence-electron chi connectivity index (χ2n) is 5.87. The molecular weight excluding hydrogens is 359 g/mol. The van der Waals surface area contributed by atoms with Crippen molar-refractivity contribution < 1.29 is 22.4 Å². The number of sulfone groups is 1. The van der Waals surface area contributed by atoms with Crippen LogP contribution in [0.15, 0.2) is 53.4 Å². The van der Waals surface area contributed by atoms with Crippen molar-refractivity contribution in [1.29, 1.82) is 0 Å². The molecule has 0 aliphatic carbocycles. The van der Waals surface area contributed by atoms with Gasteiger partial charge in [0.25, 0.3) is 5.91 Å². The molecule has 136 valence electrons. The number of amides is 1. The number of benzene rings is 2. The summed E-state index contributed by atoms with van der Waals surface area (Å²) in [5.41, 5.74) is 4.04. The Hall–Kier alpha value is -2.71. The molecule has 0 saturated carbocycles. The zero-order valence-corrected chi connectivity index (χ0v) is 15.0. The molecule has 0 radical (unpaired) electrons. The summed E-state index contributed by atoms with van der Waals surface area (Å²) >= 11 is 0. The maximum atomic E-state index is 13.1. The third-order valence-electron chi connectivity index (χ3n) is 3.98. The van der Waals surface area contributed by atoms with E-state index >= 15 is 0 Å². The molecule has 3 aromatic rings. The number of carbonyl (C=O) groups excluding carboxylic acids is 1. The van der Waals surface area contributed by atoms with Crippen LogP contribution in [0.2, 0.25) is 0 Å². The van der Waals surface area contributed by atoms with E-state index in [9.17, 15) is 17.6 Å². The average Bonchev–Trinajstić information content (AvgIpc) is 2.94. The fourth-order valence-corrected chi connectivity index (χ4v) is 3.41. The summed E-state index contributed by atoms with van der Waals surface area (Å²) in [5.74, 6) is -0.812. The fourth-order valence-electron chi connectivity index (χ4n) is 2.76. The smallest absolute Gasteiger partial charge is 0.291 e. The molecule has 2 aromatic carbocycles. The van der Waals surface area contributed by atoms with Crippen LogP contribution < -0.4 is 5.48 Å². The molecule has 0 aliphatic rings. The van der Waals surface area contributed by atoms with Crippen molar-refractivity contribution in [3.63, 3.8) is 0 Å². The highest BCUT2D eigenvalue weighted by Gasteiger charge is 2.18. The van der Waals surface area contributed by atoms with Crippen molar-refractivity contribution in [1.82, 2.24) is 10.0 Å². The van der Waals surface area contributed by atoms with Crippen LogP contribution in [0.4, 0.5) is 4.39 Å². The number of aromatic nitrogens is 1. The van der Waals surface area contributed by atoms with E-state index in [2.05, 4.69) is 5.48 Å². The topological polar surface area (TPSA) is 77.4 Å². The number of hydroxylamine groups is 1. The number of fused-ring (bicyclic) bond motifs is 1. The zero-order valence-electron chi connectivity index (χ0n) is 14.2. The van der Waals surface area contributed by atoms with E-state index in [1.165, 1.54) is 31.4 Å². The Labute approximate surface area is 150 Å². The summed E-state index contributed by atoms with van der Waals surface area (Å²) in [6, 6.07) is 12.2. The first-order chi connectivity index (χ1) is 12.3. The van der Waals surface area contributed by atoms with Gasteiger partial charge in [-0.2, -0.15) is 0 Å². The Kier molecular flexibility index (Phi) is 4.80. The fraction of sp³-hybridized carbons (Fsp3) is 0.167. The van der Waals surface area contributed by atoms with Gasteiger partial charge in [0, 0.05) is 23.7 Å². The van der Waals surface area contributed by atoms with Crippen molar-refractivity contribution in [2.75, 3.05) is 13.4 Å². The first-order valence-corrected chi connectivity index (χ1v) is 9.60. The van der Waals surface area contributed by atoms with Gasteiger partial charge in [-0.3, -0.25) is 9.63 Å². The van der Waals surface area contributed by atoms with Crippen LogP contribution in [0.5, 0.6) is 0 Å². The normalized spacial score (nSPS) is 11.7. The molecule has 0 unspecified atom stereocenters. The van der Waals surface area contributed by atoms with Gasteiger partial charge in [-0.05, 0) is 42.0 Å². The molecule has 26 heavy (non-hydrogen) atoms. The molecule has 1 heterocycles. The largest absolute Gasteiger partial charge is 0.332 e. The quantitative estimate of drug-likeness (QED) is 0.694. The van der Waals surface area contributed by atoms with Crippen LogP contribution in [0.3, 0.4) is 0 Å². The van der Waals surface area contributed by atoms with Gasteiger partial charge < -0.3 is 4.57 Å². The van der Waals surface area contributed by atoms with Crippen molar-refractivity contribution in [2.45, 2.75) is 11.4 Å². The van der Waals surface area contributed by atoms with Crippen LogP contribution >= 0.6 is 0 Å². The summed E-state index contributed by atoms with van der Waals surface area (Å²) in [6.45, 7) is 0.314. The number of carbonyl (C=O) groups is 1. The number of halogens is 1. The van der Waals surface area contributed by atoms with Crippen LogP contribution in [0.25, 0.3) is 10.9 Å². The molecule has 0 saturated heterocycles. The monoisotopic (exact) mass is 376 g/mol. The van der Waals surface area contributed by atoms with E-state index in [-0.39, 0.29) is 10.7 Å². The van der Waals surface area contributed by atoms with Gasteiger partial charge >= 0.3 is 0 Å². The summed E-state index contributed by atoms with van der Waals surface area (Å²) < 4.78 is 38.4. The van der Waals surface area contributed by atoms with Gasteiger partial charge in [0.05, 0.1) is 12.0 Å². The second kappa shape index (κ2) is 6.89. The van der Waals surface area contributed by atoms with Gasteiger partial charge in [-0.1, -0.05) is 12.1 Å². The lowest BCUT2D eigenvalue weighted by atomic mass is 10.2. The highest BCUT2D eigenvalue weighted by atomic mass is 32.2. The van der Waals surface area contributed by atoms with Crippen molar-refractivity contribution in [3.8, 4) is 0 Å². The van der Waals surface area contributed by atoms with Crippen LogP contribution in [-0.2, 0) is 21.2 Å². The number of nitrogens with one attached hydrogen (secondary N) is 1. The maximum absolute atomic E-state index is 13.1. The molecule has 0 fully saturated rings. The van der Waals surface area contributed by atoms with E-state index in [0.717, 1.165) is 11.8 Å². The second-order valence-corrected chi connectivity index (χ2v) is 7.89. The molecule has 1 N–H and O–H groups in total. The molecule has 8 heteroatoms. The molecule has 0 bridgehead atoms. The minimum Gasteiger partial charge on any atom is -0.332 e. The third kappa shape index (κ3) is 3.61. The SMILES string of the molecule is CONC(=O)c1cc2cc(S(C)(=O)=O)ccc2n1Cc1ccc(F)cc1. The van der Waals surface area contributed by atoms with Crippen molar-refractivity contribution in [3.05, 3.63) is 65.6 Å². The molecule has 1 amide bonds. The Balaban J connectivity index is 2.15. The first-order valence-electron chi connectivity index (χ1n) is 7.70. The highest BCUT2D eigenvalue weighted by Crippen LogP contribution is 2.25. The van der Waals surface area contributed by atoms with E-state index in [1.54, 1.807) is 28.8 Å². The van der Waals surface area contributed by atoms with Gasteiger partial charge in [0.2, 0.25) is 0 Å². The standard InChI is InChI=1S/C18H17FN2O4S/c1-25-20-18(22)17-10-13-9-15(26(2,23)24)7-8-16(13)21(17)11-12-3-5-14(19)6-4-12/h3-10H,11H2,1-2H3,(H,20,22). The Morgan fingerprint density at radius 1 is 1.15 bits per heavy atom. The number of nitrogens with zero attached hydrogens (tertiary/aromatic N) is 1. The molecular formula is C18H17FN2O4S. The minimum absolute atomic E-state index is 0.169. The zero-order chi connectivity index (χ0) is 18.9. The van der Waals surface area contributed by atoms with Crippen LogP contribution in [0.1, 0.15) is 16.1 Å². The van der Waals surface area contributed by atoms with Gasteiger partial charge in [-0.15, -0.1) is 0 Å². The lowest BCUT2D eigenvalue weighted by molar-refractivity contribution is 0.0529. The molecule has 0 aliphatic heterocycles. The lowest BCUT2D eigenvalue weighted by Crippen LogP contribution is -2.24. The lowest BCUT2D eigenvalue weighted by Gasteiger charge is -2.11. The first kappa shape index (κ1) is 18.1. The molecule has 6 nitrogen and oxygen atoms in total. The van der Waals surface area contributed by atoms with E-state index in [0.29, 0.717) is 23.1 Å². The van der Waals surface area contributed by atoms with E-state index < -0.39 is 15.7 Å². The Morgan fingerprint density at radius 3 is 2.46 bits per heavy atom. The summed E-state index contributed by atoms with van der Waals surface area (Å²) in [4.78, 5) is 17.2. The molecule has 3 rings (SSSR count). The number of rotatable bonds is 5. The summed E-state index contributed by atoms with van der Waals surface area (Å²) in [5, 5.41) is 0.608. The predicted octanol–water partition coefficient (Wildman–Crippen LogP) is 2.52. The van der Waals surface area contributed by atoms with Crippen molar-refractivity contribution >= 4 is 26.6 Å². The van der Waals surface area contributed by atoms with Crippen molar-refractivity contribution in [2.24, 2.45) is 0 Å². The Morgan fingerprint density at radius 2 is 1.85 bits per heavy atom. The molecule has 1 aromatic heterocycles. The molecule has 0 spiro atoms. The summed E-state index contributed by atoms with van der Waals surface area (Å²) in [7, 11) is -2.04. The number of hydrogen-bond acceptors (Lipinski definition) is 4. The third-order valence-corrected chi connectivity index (χ3v) is 5.09. The highest BCUT2D eigenvalue weighted by molar-refractivity contribution is 7.90. The van der Waals surface area contributed by atoms with Gasteiger partial charge in [0.1, 0.15) is 11.5 Å². The number of hydrogen-bond donors (Lipinski definition) is 1. The van der Waals surface area contributed by atoms with Crippen LogP contribution in [-0.4, -0.2) is 32.3 Å². The van der Waals surface area contributed by atoms with Crippen LogP contribution in [0, 0.1) is 5.82 Å².